The van der Waals surface area contributed by atoms with Crippen LogP contribution in [0.2, 0.25) is 0 Å². The molecule has 0 aliphatic carbocycles. The van der Waals surface area contributed by atoms with Crippen molar-refractivity contribution in [2.24, 2.45) is 0 Å². The van der Waals surface area contributed by atoms with Gasteiger partial charge in [0, 0.05) is 12.2 Å². The zero-order chi connectivity index (χ0) is 14.0. The fourth-order valence-electron chi connectivity index (χ4n) is 2.32. The van der Waals surface area contributed by atoms with Crippen molar-refractivity contribution >= 4 is 17.6 Å². The predicted octanol–water partition coefficient (Wildman–Crippen LogP) is 1.27. The first-order chi connectivity index (χ1) is 9.04. The van der Waals surface area contributed by atoms with Crippen molar-refractivity contribution < 1.29 is 14.7 Å². The van der Waals surface area contributed by atoms with E-state index in [0.717, 1.165) is 24.1 Å². The summed E-state index contributed by atoms with van der Waals surface area (Å²) in [4.78, 5) is 25.0. The number of hydrogen-bond donors (Lipinski definition) is 2. The third-order valence-corrected chi connectivity index (χ3v) is 3.51. The minimum atomic E-state index is -0.935. The molecule has 19 heavy (non-hydrogen) atoms. The molecule has 2 rings (SSSR count). The molecule has 5 heteroatoms. The van der Waals surface area contributed by atoms with E-state index in [4.69, 9.17) is 5.11 Å². The molecule has 0 spiro atoms. The van der Waals surface area contributed by atoms with Gasteiger partial charge in [-0.05, 0) is 50.6 Å². The number of fused-ring (bicyclic) bond motifs is 1. The molecule has 1 unspecified atom stereocenters. The number of hydrogen-bond acceptors (Lipinski definition) is 3. The number of aromatic carboxylic acids is 1. The average Bonchev–Trinajstić information content (AvgIpc) is 2.44. The van der Waals surface area contributed by atoms with Crippen LogP contribution in [0.3, 0.4) is 0 Å². The first-order valence-electron chi connectivity index (χ1n) is 6.39. The van der Waals surface area contributed by atoms with Gasteiger partial charge in [0.15, 0.2) is 0 Å². The second-order valence-corrected chi connectivity index (χ2v) is 4.75. The van der Waals surface area contributed by atoms with E-state index in [1.54, 1.807) is 30.1 Å². The van der Waals surface area contributed by atoms with Gasteiger partial charge in [-0.3, -0.25) is 4.79 Å². The summed E-state index contributed by atoms with van der Waals surface area (Å²) < 4.78 is 0. The minimum absolute atomic E-state index is 0.0199. The van der Waals surface area contributed by atoms with E-state index in [-0.39, 0.29) is 17.5 Å². The maximum absolute atomic E-state index is 12.3. The molecule has 102 valence electrons. The van der Waals surface area contributed by atoms with E-state index in [1.807, 2.05) is 6.92 Å². The van der Waals surface area contributed by atoms with E-state index >= 15 is 0 Å². The minimum Gasteiger partial charge on any atom is -0.478 e. The summed E-state index contributed by atoms with van der Waals surface area (Å²) in [5.74, 6) is -0.915. The Morgan fingerprint density at radius 3 is 2.79 bits per heavy atom. The van der Waals surface area contributed by atoms with Crippen LogP contribution >= 0.6 is 0 Å². The average molecular weight is 262 g/mol. The summed E-state index contributed by atoms with van der Waals surface area (Å²) in [6.07, 6.45) is 1.67. The zero-order valence-corrected chi connectivity index (χ0v) is 11.1. The fraction of sp³-hybridized carbons (Fsp3) is 0.429. The third-order valence-electron chi connectivity index (χ3n) is 3.51. The lowest BCUT2D eigenvalue weighted by Crippen LogP contribution is -2.45. The molecule has 1 heterocycles. The zero-order valence-electron chi connectivity index (χ0n) is 11.1. The van der Waals surface area contributed by atoms with Crippen molar-refractivity contribution in [1.29, 1.82) is 0 Å². The number of carboxylic acids is 1. The molecular formula is C14H18N2O3. The molecule has 2 N–H and O–H groups in total. The van der Waals surface area contributed by atoms with Crippen molar-refractivity contribution in [1.82, 2.24) is 5.32 Å². The number of rotatable bonds is 3. The Labute approximate surface area is 112 Å². The highest BCUT2D eigenvalue weighted by Crippen LogP contribution is 2.28. The van der Waals surface area contributed by atoms with Crippen LogP contribution in [0.5, 0.6) is 0 Å². The Morgan fingerprint density at radius 1 is 1.42 bits per heavy atom. The lowest BCUT2D eigenvalue weighted by Gasteiger charge is -2.31. The van der Waals surface area contributed by atoms with E-state index in [1.165, 1.54) is 0 Å². The molecule has 0 saturated heterocycles. The Hall–Kier alpha value is -1.88. The molecule has 1 aromatic carbocycles. The first-order valence-corrected chi connectivity index (χ1v) is 6.39. The number of amides is 1. The van der Waals surface area contributed by atoms with Crippen LogP contribution in [0.4, 0.5) is 5.69 Å². The van der Waals surface area contributed by atoms with Crippen LogP contribution in [0.25, 0.3) is 0 Å². The van der Waals surface area contributed by atoms with Gasteiger partial charge in [0.05, 0.1) is 11.6 Å². The van der Waals surface area contributed by atoms with Crippen LogP contribution in [0.15, 0.2) is 18.2 Å². The highest BCUT2D eigenvalue weighted by molar-refractivity contribution is 5.98. The molecule has 0 aromatic heterocycles. The second kappa shape index (κ2) is 5.40. The highest BCUT2D eigenvalue weighted by atomic mass is 16.4. The summed E-state index contributed by atoms with van der Waals surface area (Å²) in [6, 6.07) is 4.71. The number of likely N-dealkylation sites (N-methyl/N-ethyl adjacent to an activating group) is 1. The molecule has 1 atom stereocenters. The monoisotopic (exact) mass is 262 g/mol. The molecule has 0 saturated carbocycles. The van der Waals surface area contributed by atoms with Gasteiger partial charge in [0.25, 0.3) is 0 Å². The van der Waals surface area contributed by atoms with Crippen LogP contribution in [0.1, 0.15) is 29.3 Å². The number of anilines is 1. The Morgan fingerprint density at radius 2 is 2.16 bits per heavy atom. The second-order valence-electron chi connectivity index (χ2n) is 4.75. The van der Waals surface area contributed by atoms with Gasteiger partial charge >= 0.3 is 5.97 Å². The summed E-state index contributed by atoms with van der Waals surface area (Å²) in [7, 11) is 1.75. The Balaban J connectivity index is 2.34. The number of nitrogens with zero attached hydrogens (tertiary/aromatic N) is 1. The van der Waals surface area contributed by atoms with Crippen molar-refractivity contribution in [3.05, 3.63) is 29.3 Å². The number of carbonyl (C=O) groups excluding carboxylic acids is 1. The third kappa shape index (κ3) is 2.61. The van der Waals surface area contributed by atoms with E-state index in [0.29, 0.717) is 6.54 Å². The highest BCUT2D eigenvalue weighted by Gasteiger charge is 2.26. The topological polar surface area (TPSA) is 69.6 Å². The van der Waals surface area contributed by atoms with Crippen molar-refractivity contribution in [2.45, 2.75) is 25.8 Å². The van der Waals surface area contributed by atoms with Gasteiger partial charge in [0.1, 0.15) is 0 Å². The van der Waals surface area contributed by atoms with Gasteiger partial charge in [-0.25, -0.2) is 4.79 Å². The van der Waals surface area contributed by atoms with Crippen LogP contribution < -0.4 is 10.2 Å². The molecule has 1 aromatic rings. The van der Waals surface area contributed by atoms with E-state index in [2.05, 4.69) is 5.32 Å². The summed E-state index contributed by atoms with van der Waals surface area (Å²) in [5.41, 5.74) is 2.04. The number of carboxylic acid groups (broad SMARTS) is 1. The number of carbonyl (C=O) groups is 2. The standard InChI is InChI=1S/C14H18N2O3/c1-9(15-2)13(17)16-7-3-4-10-8-11(14(18)19)5-6-12(10)16/h5-6,8-9,15H,3-4,7H2,1-2H3,(H,18,19). The summed E-state index contributed by atoms with van der Waals surface area (Å²) in [5, 5.41) is 11.9. The molecule has 1 amide bonds. The number of aryl methyl sites for hydroxylation is 1. The van der Waals surface area contributed by atoms with Crippen molar-refractivity contribution in [2.75, 3.05) is 18.5 Å². The summed E-state index contributed by atoms with van der Waals surface area (Å²) >= 11 is 0. The van der Waals surface area contributed by atoms with Crippen LogP contribution in [-0.4, -0.2) is 36.6 Å². The number of nitrogens with one attached hydrogen (secondary N) is 1. The van der Waals surface area contributed by atoms with Gasteiger partial charge < -0.3 is 15.3 Å². The molecular weight excluding hydrogens is 244 g/mol. The molecule has 0 fully saturated rings. The quantitative estimate of drug-likeness (QED) is 0.860. The lowest BCUT2D eigenvalue weighted by atomic mass is 9.98. The maximum atomic E-state index is 12.3. The molecule has 0 radical (unpaired) electrons. The Bertz CT molecular complexity index is 513. The fourth-order valence-corrected chi connectivity index (χ4v) is 2.32. The molecule has 1 aliphatic rings. The van der Waals surface area contributed by atoms with Gasteiger partial charge in [0.2, 0.25) is 5.91 Å². The van der Waals surface area contributed by atoms with Crippen molar-refractivity contribution in [3.63, 3.8) is 0 Å². The summed E-state index contributed by atoms with van der Waals surface area (Å²) in [6.45, 7) is 2.51. The normalized spacial score (nSPS) is 15.8. The maximum Gasteiger partial charge on any atom is 0.335 e. The Kier molecular flexibility index (Phi) is 3.85. The van der Waals surface area contributed by atoms with Crippen LogP contribution in [0, 0.1) is 0 Å². The largest absolute Gasteiger partial charge is 0.478 e. The van der Waals surface area contributed by atoms with Gasteiger partial charge in [-0.2, -0.15) is 0 Å². The van der Waals surface area contributed by atoms with Gasteiger partial charge in [-0.15, -0.1) is 0 Å². The predicted molar refractivity (Wildman–Crippen MR) is 72.6 cm³/mol. The molecule has 5 nitrogen and oxygen atoms in total. The van der Waals surface area contributed by atoms with Crippen LogP contribution in [-0.2, 0) is 11.2 Å². The van der Waals surface area contributed by atoms with E-state index in [9.17, 15) is 9.59 Å². The van der Waals surface area contributed by atoms with E-state index < -0.39 is 5.97 Å². The molecule has 0 bridgehead atoms. The first kappa shape index (κ1) is 13.5. The lowest BCUT2D eigenvalue weighted by molar-refractivity contribution is -0.120. The SMILES string of the molecule is CNC(C)C(=O)N1CCCc2cc(C(=O)O)ccc21. The smallest absolute Gasteiger partial charge is 0.335 e. The number of benzene rings is 1. The molecule has 1 aliphatic heterocycles. The van der Waals surface area contributed by atoms with Gasteiger partial charge in [-0.1, -0.05) is 0 Å². The van der Waals surface area contributed by atoms with Crippen molar-refractivity contribution in [3.8, 4) is 0 Å².